The first-order valence-corrected chi connectivity index (χ1v) is 13.8. The Bertz CT molecular complexity index is 1140. The molecule has 2 fully saturated rings. The maximum atomic E-state index is 13.3. The number of carbonyl (C=O) groups is 1. The Kier molecular flexibility index (Phi) is 7.79. The summed E-state index contributed by atoms with van der Waals surface area (Å²) in [6, 6.07) is 17.2. The summed E-state index contributed by atoms with van der Waals surface area (Å²) < 4.78 is 2.44. The lowest BCUT2D eigenvalue weighted by atomic mass is 9.87. The minimum absolute atomic E-state index is 0.0444. The first kappa shape index (κ1) is 24.4. The van der Waals surface area contributed by atoms with Crippen LogP contribution in [0.5, 0.6) is 0 Å². The van der Waals surface area contributed by atoms with Gasteiger partial charge in [0.25, 0.3) is 0 Å². The highest BCUT2D eigenvalue weighted by atomic mass is 35.5. The zero-order valence-electron chi connectivity index (χ0n) is 20.6. The number of hydrogen-bond donors (Lipinski definition) is 2. The second-order valence-corrected chi connectivity index (χ2v) is 11.2. The summed E-state index contributed by atoms with van der Waals surface area (Å²) in [5.41, 5.74) is 9.65. The third-order valence-electron chi connectivity index (χ3n) is 8.15. The van der Waals surface area contributed by atoms with Crippen LogP contribution >= 0.6 is 11.6 Å². The van der Waals surface area contributed by atoms with E-state index in [0.29, 0.717) is 11.4 Å². The molecule has 2 saturated carbocycles. The SMILES string of the molecule is N[C@H]1CC[C@H](NC(=O)CC(c2cccc(Cl)c2)c2cn(CC3CCCCC3)c3ccccc23)CC1. The fourth-order valence-electron chi connectivity index (χ4n) is 6.22. The molecule has 1 atom stereocenters. The van der Waals surface area contributed by atoms with Crippen molar-refractivity contribution in [2.24, 2.45) is 11.7 Å². The van der Waals surface area contributed by atoms with E-state index < -0.39 is 0 Å². The highest BCUT2D eigenvalue weighted by Crippen LogP contribution is 2.37. The Hall–Kier alpha value is -2.30. The average molecular weight is 492 g/mol. The molecule has 35 heavy (non-hydrogen) atoms. The number of nitrogens with one attached hydrogen (secondary N) is 1. The molecule has 4 nitrogen and oxygen atoms in total. The van der Waals surface area contributed by atoms with E-state index in [-0.39, 0.29) is 23.9 Å². The molecular formula is C30H38ClN3O. The monoisotopic (exact) mass is 491 g/mol. The van der Waals surface area contributed by atoms with Gasteiger partial charge in [0.1, 0.15) is 0 Å². The van der Waals surface area contributed by atoms with Crippen LogP contribution in [-0.4, -0.2) is 22.6 Å². The number of rotatable bonds is 7. The van der Waals surface area contributed by atoms with Gasteiger partial charge in [-0.3, -0.25) is 4.79 Å². The molecule has 5 heteroatoms. The molecule has 5 rings (SSSR count). The van der Waals surface area contributed by atoms with Gasteiger partial charge in [-0.1, -0.05) is 61.2 Å². The number of benzene rings is 2. The molecule has 2 aliphatic carbocycles. The summed E-state index contributed by atoms with van der Waals surface area (Å²) in [5, 5.41) is 5.26. The number of fused-ring (bicyclic) bond motifs is 1. The molecular weight excluding hydrogens is 454 g/mol. The van der Waals surface area contributed by atoms with Gasteiger partial charge >= 0.3 is 0 Å². The van der Waals surface area contributed by atoms with Gasteiger partial charge < -0.3 is 15.6 Å². The van der Waals surface area contributed by atoms with E-state index in [2.05, 4.69) is 46.4 Å². The zero-order valence-corrected chi connectivity index (χ0v) is 21.4. The Balaban J connectivity index is 1.45. The van der Waals surface area contributed by atoms with E-state index in [4.69, 9.17) is 17.3 Å². The van der Waals surface area contributed by atoms with E-state index >= 15 is 0 Å². The summed E-state index contributed by atoms with van der Waals surface area (Å²) in [4.78, 5) is 13.3. The Morgan fingerprint density at radius 1 is 1.00 bits per heavy atom. The number of amides is 1. The second kappa shape index (κ2) is 11.2. The highest BCUT2D eigenvalue weighted by molar-refractivity contribution is 6.30. The molecule has 3 N–H and O–H groups in total. The van der Waals surface area contributed by atoms with Crippen LogP contribution in [0.4, 0.5) is 0 Å². The quantitative estimate of drug-likeness (QED) is 0.382. The topological polar surface area (TPSA) is 60.0 Å². The molecule has 0 bridgehead atoms. The first-order chi connectivity index (χ1) is 17.1. The molecule has 0 saturated heterocycles. The Morgan fingerprint density at radius 2 is 1.77 bits per heavy atom. The molecule has 0 spiro atoms. The highest BCUT2D eigenvalue weighted by Gasteiger charge is 2.26. The Morgan fingerprint density at radius 3 is 2.54 bits per heavy atom. The number of para-hydroxylation sites is 1. The van der Waals surface area contributed by atoms with Gasteiger partial charge in [0, 0.05) is 53.1 Å². The van der Waals surface area contributed by atoms with E-state index in [0.717, 1.165) is 43.7 Å². The van der Waals surface area contributed by atoms with Gasteiger partial charge in [0.15, 0.2) is 0 Å². The molecule has 2 aromatic carbocycles. The molecule has 1 aromatic heterocycles. The normalized spacial score (nSPS) is 22.2. The minimum Gasteiger partial charge on any atom is -0.353 e. The molecule has 1 unspecified atom stereocenters. The van der Waals surface area contributed by atoms with Crippen LogP contribution in [-0.2, 0) is 11.3 Å². The van der Waals surface area contributed by atoms with Crippen molar-refractivity contribution in [1.29, 1.82) is 0 Å². The van der Waals surface area contributed by atoms with Gasteiger partial charge in [0.05, 0.1) is 0 Å². The maximum Gasteiger partial charge on any atom is 0.221 e. The summed E-state index contributed by atoms with van der Waals surface area (Å²) >= 11 is 6.42. The number of aromatic nitrogens is 1. The van der Waals surface area contributed by atoms with Crippen LogP contribution in [0.25, 0.3) is 10.9 Å². The summed E-state index contributed by atoms with van der Waals surface area (Å²) in [7, 11) is 0. The summed E-state index contributed by atoms with van der Waals surface area (Å²) in [6.45, 7) is 1.05. The third kappa shape index (κ3) is 5.92. The van der Waals surface area contributed by atoms with E-state index in [1.165, 1.54) is 48.6 Å². The fourth-order valence-corrected chi connectivity index (χ4v) is 6.42. The first-order valence-electron chi connectivity index (χ1n) is 13.4. The van der Waals surface area contributed by atoms with Gasteiger partial charge in [-0.2, -0.15) is 0 Å². The van der Waals surface area contributed by atoms with Crippen LogP contribution < -0.4 is 11.1 Å². The van der Waals surface area contributed by atoms with Crippen molar-refractivity contribution in [2.75, 3.05) is 0 Å². The van der Waals surface area contributed by atoms with Crippen molar-refractivity contribution in [3.8, 4) is 0 Å². The maximum absolute atomic E-state index is 13.3. The van der Waals surface area contributed by atoms with Crippen LogP contribution in [0.15, 0.2) is 54.7 Å². The van der Waals surface area contributed by atoms with Gasteiger partial charge in [-0.15, -0.1) is 0 Å². The van der Waals surface area contributed by atoms with E-state index in [9.17, 15) is 4.79 Å². The van der Waals surface area contributed by atoms with Crippen LogP contribution in [0.2, 0.25) is 5.02 Å². The van der Waals surface area contributed by atoms with Gasteiger partial charge in [-0.25, -0.2) is 0 Å². The number of nitrogens with zero attached hydrogens (tertiary/aromatic N) is 1. The van der Waals surface area contributed by atoms with Gasteiger partial charge in [-0.05, 0) is 73.8 Å². The van der Waals surface area contributed by atoms with Crippen molar-refractivity contribution >= 4 is 28.4 Å². The molecule has 0 aliphatic heterocycles. The summed E-state index contributed by atoms with van der Waals surface area (Å²) in [6.07, 6.45) is 13.3. The molecule has 2 aliphatic rings. The number of nitrogens with two attached hydrogens (primary N) is 1. The largest absolute Gasteiger partial charge is 0.353 e. The van der Waals surface area contributed by atoms with Crippen molar-refractivity contribution in [3.63, 3.8) is 0 Å². The van der Waals surface area contributed by atoms with E-state index in [1.54, 1.807) is 0 Å². The number of hydrogen-bond acceptors (Lipinski definition) is 2. The molecule has 186 valence electrons. The van der Waals surface area contributed by atoms with Crippen molar-refractivity contribution in [1.82, 2.24) is 9.88 Å². The molecule has 1 heterocycles. The van der Waals surface area contributed by atoms with Crippen LogP contribution in [0.1, 0.15) is 81.3 Å². The molecule has 1 amide bonds. The third-order valence-corrected chi connectivity index (χ3v) is 8.39. The van der Waals surface area contributed by atoms with Crippen LogP contribution in [0.3, 0.4) is 0 Å². The summed E-state index contributed by atoms with van der Waals surface area (Å²) in [5.74, 6) is 0.801. The predicted octanol–water partition coefficient (Wildman–Crippen LogP) is 6.78. The lowest BCUT2D eigenvalue weighted by molar-refractivity contribution is -0.122. The van der Waals surface area contributed by atoms with Crippen molar-refractivity contribution in [2.45, 2.75) is 88.8 Å². The zero-order chi connectivity index (χ0) is 24.2. The second-order valence-electron chi connectivity index (χ2n) is 10.7. The van der Waals surface area contributed by atoms with Crippen molar-refractivity contribution < 1.29 is 4.79 Å². The number of carbonyl (C=O) groups excluding carboxylic acids is 1. The smallest absolute Gasteiger partial charge is 0.221 e. The predicted molar refractivity (Wildman–Crippen MR) is 145 cm³/mol. The standard InChI is InChI=1S/C30H38ClN3O/c31-23-10-6-9-22(17-23)27(18-30(35)33-25-15-13-24(32)14-16-25)28-20-34(19-21-7-2-1-3-8-21)29-12-5-4-11-26(28)29/h4-6,9-12,17,20-21,24-25,27H,1-3,7-8,13-16,18-19,32H2,(H,33,35)/t24-,25-,27?. The molecule has 3 aromatic rings. The van der Waals surface area contributed by atoms with Gasteiger partial charge in [0.2, 0.25) is 5.91 Å². The fraction of sp³-hybridized carbons (Fsp3) is 0.500. The van der Waals surface area contributed by atoms with Crippen molar-refractivity contribution in [3.05, 3.63) is 70.9 Å². The van der Waals surface area contributed by atoms with E-state index in [1.807, 2.05) is 18.2 Å². The van der Waals surface area contributed by atoms with Crippen LogP contribution in [0, 0.1) is 5.92 Å². The molecule has 0 radical (unpaired) electrons. The average Bonchev–Trinajstić information content (AvgIpc) is 3.23. The minimum atomic E-state index is -0.0444. The lowest BCUT2D eigenvalue weighted by Crippen LogP contribution is -2.40. The lowest BCUT2D eigenvalue weighted by Gasteiger charge is -2.27. The Labute approximate surface area is 214 Å². The number of halogens is 1.